The van der Waals surface area contributed by atoms with E-state index in [4.69, 9.17) is 34.8 Å². The highest BCUT2D eigenvalue weighted by molar-refractivity contribution is 6.42. The molecule has 0 radical (unpaired) electrons. The van der Waals surface area contributed by atoms with Crippen LogP contribution in [0.1, 0.15) is 18.4 Å². The van der Waals surface area contributed by atoms with E-state index in [2.05, 4.69) is 16.9 Å². The molecule has 0 atom stereocenters. The fourth-order valence-electron chi connectivity index (χ4n) is 1.55. The van der Waals surface area contributed by atoms with Crippen LogP contribution in [0.5, 0.6) is 0 Å². The van der Waals surface area contributed by atoms with E-state index in [0.717, 1.165) is 12.4 Å². The van der Waals surface area contributed by atoms with Crippen molar-refractivity contribution in [2.24, 2.45) is 0 Å². The van der Waals surface area contributed by atoms with Crippen LogP contribution in [0.25, 0.3) is 0 Å². The third-order valence-corrected chi connectivity index (χ3v) is 3.43. The first kappa shape index (κ1) is 12.7. The molecule has 0 saturated heterocycles. The van der Waals surface area contributed by atoms with Crippen LogP contribution in [-0.2, 0) is 13.0 Å². The van der Waals surface area contributed by atoms with Gasteiger partial charge in [-0.3, -0.25) is 0 Å². The molecule has 3 nitrogen and oxygen atoms in total. The zero-order chi connectivity index (χ0) is 12.4. The first-order valence-electron chi connectivity index (χ1n) is 5.12. The number of pyridine rings is 1. The van der Waals surface area contributed by atoms with Crippen molar-refractivity contribution >= 4 is 34.8 Å². The quantitative estimate of drug-likeness (QED) is 0.804. The number of nitrogens with zero attached hydrogens (tertiary/aromatic N) is 3. The number of halogens is 3. The lowest BCUT2D eigenvalue weighted by Crippen LogP contribution is -2.04. The maximum atomic E-state index is 6.07. The first-order chi connectivity index (χ1) is 8.11. The van der Waals surface area contributed by atoms with Gasteiger partial charge in [-0.05, 0) is 13.0 Å². The van der Waals surface area contributed by atoms with E-state index in [0.29, 0.717) is 22.2 Å². The molecule has 2 aromatic rings. The summed E-state index contributed by atoms with van der Waals surface area (Å²) in [7, 11) is 0. The molecule has 90 valence electrons. The normalized spacial score (nSPS) is 10.8. The third kappa shape index (κ3) is 2.73. The Bertz CT molecular complexity index is 537. The second-order valence-corrected chi connectivity index (χ2v) is 4.67. The lowest BCUT2D eigenvalue weighted by molar-refractivity contribution is 0.708. The van der Waals surface area contributed by atoms with Gasteiger partial charge in [0, 0.05) is 25.4 Å². The first-order valence-corrected chi connectivity index (χ1v) is 6.25. The maximum Gasteiger partial charge on any atom is 0.148 e. The summed E-state index contributed by atoms with van der Waals surface area (Å²) in [6, 6.07) is 1.60. The monoisotopic (exact) mass is 289 g/mol. The Morgan fingerprint density at radius 3 is 2.71 bits per heavy atom. The highest BCUT2D eigenvalue weighted by atomic mass is 35.5. The van der Waals surface area contributed by atoms with E-state index in [1.807, 2.05) is 10.8 Å². The molecule has 0 fully saturated rings. The Morgan fingerprint density at radius 1 is 1.24 bits per heavy atom. The van der Waals surface area contributed by atoms with Crippen molar-refractivity contribution in [3.63, 3.8) is 0 Å². The molecule has 0 amide bonds. The van der Waals surface area contributed by atoms with Crippen molar-refractivity contribution in [2.75, 3.05) is 0 Å². The molecule has 2 aromatic heterocycles. The summed E-state index contributed by atoms with van der Waals surface area (Å²) < 4.78 is 2.03. The Hall–Kier alpha value is -0.770. The third-order valence-electron chi connectivity index (χ3n) is 2.43. The minimum atomic E-state index is 0.265. The standard InChI is InChI=1S/C11H10Cl3N3/c1-2-17-4-3-15-10(17)6-9-7(12)5-8(13)11(14)16-9/h3-5H,2,6H2,1H3. The fraction of sp³-hybridized carbons (Fsp3) is 0.273. The van der Waals surface area contributed by atoms with Crippen LogP contribution in [-0.4, -0.2) is 14.5 Å². The van der Waals surface area contributed by atoms with Crippen LogP contribution in [0.4, 0.5) is 0 Å². The summed E-state index contributed by atoms with van der Waals surface area (Å²) in [5.74, 6) is 0.903. The average molecular weight is 291 g/mol. The van der Waals surface area contributed by atoms with Gasteiger partial charge in [-0.2, -0.15) is 0 Å². The molecule has 0 unspecified atom stereocenters. The van der Waals surface area contributed by atoms with E-state index in [1.54, 1.807) is 12.3 Å². The van der Waals surface area contributed by atoms with E-state index in [-0.39, 0.29) is 5.15 Å². The van der Waals surface area contributed by atoms with Crippen LogP contribution < -0.4 is 0 Å². The molecule has 0 N–H and O–H groups in total. The second-order valence-electron chi connectivity index (χ2n) is 3.50. The van der Waals surface area contributed by atoms with Gasteiger partial charge in [-0.1, -0.05) is 34.8 Å². The molecular weight excluding hydrogens is 281 g/mol. The number of imidazole rings is 1. The smallest absolute Gasteiger partial charge is 0.148 e. The highest BCUT2D eigenvalue weighted by Crippen LogP contribution is 2.26. The minimum Gasteiger partial charge on any atom is -0.335 e. The Kier molecular flexibility index (Phi) is 3.92. The van der Waals surface area contributed by atoms with Gasteiger partial charge in [0.05, 0.1) is 15.7 Å². The summed E-state index contributed by atoms with van der Waals surface area (Å²) in [4.78, 5) is 8.43. The SMILES string of the molecule is CCn1ccnc1Cc1nc(Cl)c(Cl)cc1Cl. The molecule has 2 rings (SSSR count). The number of rotatable bonds is 3. The van der Waals surface area contributed by atoms with Gasteiger partial charge in [0.2, 0.25) is 0 Å². The summed E-state index contributed by atoms with van der Waals surface area (Å²) in [6.07, 6.45) is 4.21. The van der Waals surface area contributed by atoms with Gasteiger partial charge in [0.15, 0.2) is 0 Å². The summed E-state index contributed by atoms with van der Waals surface area (Å²) >= 11 is 17.8. The molecule has 0 spiro atoms. The number of aryl methyl sites for hydroxylation is 1. The van der Waals surface area contributed by atoms with Crippen molar-refractivity contribution in [1.29, 1.82) is 0 Å². The molecule has 0 aliphatic heterocycles. The van der Waals surface area contributed by atoms with Crippen molar-refractivity contribution in [1.82, 2.24) is 14.5 Å². The van der Waals surface area contributed by atoms with E-state index in [1.165, 1.54) is 0 Å². The van der Waals surface area contributed by atoms with Gasteiger partial charge in [-0.25, -0.2) is 9.97 Å². The molecule has 0 aliphatic carbocycles. The number of hydrogen-bond donors (Lipinski definition) is 0. The molecular formula is C11H10Cl3N3. The molecule has 2 heterocycles. The lowest BCUT2D eigenvalue weighted by atomic mass is 10.2. The largest absolute Gasteiger partial charge is 0.335 e. The van der Waals surface area contributed by atoms with Crippen LogP contribution in [0.3, 0.4) is 0 Å². The highest BCUT2D eigenvalue weighted by Gasteiger charge is 2.11. The predicted molar refractivity (Wildman–Crippen MR) is 70.0 cm³/mol. The topological polar surface area (TPSA) is 30.7 Å². The van der Waals surface area contributed by atoms with Crippen LogP contribution in [0.15, 0.2) is 18.5 Å². The molecule has 17 heavy (non-hydrogen) atoms. The van der Waals surface area contributed by atoms with Crippen molar-refractivity contribution in [3.8, 4) is 0 Å². The Labute approximate surface area is 114 Å². The molecule has 0 bridgehead atoms. The summed E-state index contributed by atoms with van der Waals surface area (Å²) in [6.45, 7) is 2.91. The molecule has 6 heteroatoms. The van der Waals surface area contributed by atoms with E-state index >= 15 is 0 Å². The van der Waals surface area contributed by atoms with Crippen molar-refractivity contribution in [2.45, 2.75) is 19.9 Å². The molecule has 0 aliphatic rings. The van der Waals surface area contributed by atoms with Gasteiger partial charge in [0.1, 0.15) is 11.0 Å². The Morgan fingerprint density at radius 2 is 2.00 bits per heavy atom. The zero-order valence-corrected chi connectivity index (χ0v) is 11.4. The minimum absolute atomic E-state index is 0.265. The van der Waals surface area contributed by atoms with Crippen molar-refractivity contribution < 1.29 is 0 Å². The number of hydrogen-bond acceptors (Lipinski definition) is 2. The van der Waals surface area contributed by atoms with Gasteiger partial charge in [0.25, 0.3) is 0 Å². The van der Waals surface area contributed by atoms with Crippen molar-refractivity contribution in [3.05, 3.63) is 45.2 Å². The van der Waals surface area contributed by atoms with E-state index < -0.39 is 0 Å². The second kappa shape index (κ2) is 5.25. The van der Waals surface area contributed by atoms with Gasteiger partial charge in [-0.15, -0.1) is 0 Å². The van der Waals surface area contributed by atoms with Gasteiger partial charge < -0.3 is 4.57 Å². The van der Waals surface area contributed by atoms with Crippen LogP contribution >= 0.6 is 34.8 Å². The predicted octanol–water partition coefficient (Wildman–Crippen LogP) is 3.85. The lowest BCUT2D eigenvalue weighted by Gasteiger charge is -2.07. The zero-order valence-electron chi connectivity index (χ0n) is 9.12. The van der Waals surface area contributed by atoms with Crippen LogP contribution in [0.2, 0.25) is 15.2 Å². The molecule has 0 saturated carbocycles. The van der Waals surface area contributed by atoms with Crippen LogP contribution in [0, 0.1) is 0 Å². The average Bonchev–Trinajstić information content (AvgIpc) is 2.73. The fourth-order valence-corrected chi connectivity index (χ4v) is 2.13. The molecule has 0 aromatic carbocycles. The van der Waals surface area contributed by atoms with Gasteiger partial charge >= 0.3 is 0 Å². The Balaban J connectivity index is 2.33. The maximum absolute atomic E-state index is 6.07. The summed E-state index contributed by atoms with van der Waals surface area (Å²) in [5.41, 5.74) is 0.682. The number of aromatic nitrogens is 3. The van der Waals surface area contributed by atoms with E-state index in [9.17, 15) is 0 Å². The summed E-state index contributed by atoms with van der Waals surface area (Å²) in [5, 5.41) is 1.13.